The summed E-state index contributed by atoms with van der Waals surface area (Å²) in [6.45, 7) is 2.32. The second-order valence-electron chi connectivity index (χ2n) is 5.82. The highest BCUT2D eigenvalue weighted by atomic mass is 79.9. The van der Waals surface area contributed by atoms with Crippen LogP contribution in [0.15, 0.2) is 40.9 Å². The fourth-order valence-electron chi connectivity index (χ4n) is 3.29. The third-order valence-corrected chi connectivity index (χ3v) is 4.99. The summed E-state index contributed by atoms with van der Waals surface area (Å²) in [6.07, 6.45) is 0.808. The number of carbonyl (C=O) groups excluding carboxylic acids is 1. The zero-order valence-electron chi connectivity index (χ0n) is 14.0. The lowest BCUT2D eigenvalue weighted by atomic mass is 9.87. The molecule has 3 rings (SSSR count). The van der Waals surface area contributed by atoms with Gasteiger partial charge in [-0.05, 0) is 47.4 Å². The largest absolute Gasteiger partial charge is 0.493 e. The monoisotopic (exact) mass is 389 g/mol. The van der Waals surface area contributed by atoms with E-state index in [4.69, 9.17) is 9.47 Å². The molecular formula is C19H20BrNO3. The number of amides is 1. The van der Waals surface area contributed by atoms with E-state index in [1.165, 1.54) is 5.56 Å². The van der Waals surface area contributed by atoms with Crippen molar-refractivity contribution in [1.29, 1.82) is 0 Å². The van der Waals surface area contributed by atoms with E-state index < -0.39 is 0 Å². The lowest BCUT2D eigenvalue weighted by Crippen LogP contribution is -2.39. The molecule has 0 saturated heterocycles. The number of hydrogen-bond donors (Lipinski definition) is 0. The number of carbonyl (C=O) groups is 1. The first kappa shape index (κ1) is 16.8. The number of halogens is 1. The highest BCUT2D eigenvalue weighted by molar-refractivity contribution is 9.10. The number of nitrogens with zero attached hydrogens (tertiary/aromatic N) is 1. The highest BCUT2D eigenvalue weighted by Gasteiger charge is 2.31. The summed E-state index contributed by atoms with van der Waals surface area (Å²) in [6, 6.07) is 12.0. The number of hydrogen-bond acceptors (Lipinski definition) is 3. The van der Waals surface area contributed by atoms with Gasteiger partial charge in [-0.2, -0.15) is 0 Å². The van der Waals surface area contributed by atoms with Gasteiger partial charge >= 0.3 is 0 Å². The molecule has 0 spiro atoms. The van der Waals surface area contributed by atoms with E-state index >= 15 is 0 Å². The van der Waals surface area contributed by atoms with Crippen molar-refractivity contribution in [2.75, 3.05) is 20.8 Å². The van der Waals surface area contributed by atoms with Gasteiger partial charge in [-0.15, -0.1) is 0 Å². The average Bonchev–Trinajstić information content (AvgIpc) is 2.60. The van der Waals surface area contributed by atoms with Gasteiger partial charge in [0.1, 0.15) is 0 Å². The van der Waals surface area contributed by atoms with Gasteiger partial charge in [-0.1, -0.05) is 28.1 Å². The van der Waals surface area contributed by atoms with E-state index in [1.807, 2.05) is 29.2 Å². The van der Waals surface area contributed by atoms with Gasteiger partial charge in [-0.25, -0.2) is 0 Å². The Balaban J connectivity index is 2.16. The molecule has 1 heterocycles. The summed E-state index contributed by atoms with van der Waals surface area (Å²) in [5, 5.41) is 0. The highest BCUT2D eigenvalue weighted by Crippen LogP contribution is 2.41. The molecule has 0 aromatic heterocycles. The lowest BCUT2D eigenvalue weighted by Gasteiger charge is -2.37. The molecule has 1 unspecified atom stereocenters. The van der Waals surface area contributed by atoms with Crippen LogP contribution in [0.25, 0.3) is 0 Å². The average molecular weight is 390 g/mol. The van der Waals surface area contributed by atoms with E-state index in [2.05, 4.69) is 28.1 Å². The molecule has 4 nitrogen and oxygen atoms in total. The number of benzene rings is 2. The van der Waals surface area contributed by atoms with Crippen LogP contribution in [0.4, 0.5) is 0 Å². The quantitative estimate of drug-likeness (QED) is 0.797. The molecule has 0 aliphatic carbocycles. The van der Waals surface area contributed by atoms with Crippen molar-refractivity contribution in [3.63, 3.8) is 0 Å². The molecule has 0 bridgehead atoms. The molecule has 1 aliphatic heterocycles. The number of ether oxygens (including phenoxy) is 2. The van der Waals surface area contributed by atoms with Gasteiger partial charge in [0, 0.05) is 17.9 Å². The Morgan fingerprint density at radius 1 is 1.12 bits per heavy atom. The predicted octanol–water partition coefficient (Wildman–Crippen LogP) is 3.96. The van der Waals surface area contributed by atoms with E-state index in [1.54, 1.807) is 21.1 Å². The Morgan fingerprint density at radius 3 is 2.33 bits per heavy atom. The minimum Gasteiger partial charge on any atom is -0.493 e. The van der Waals surface area contributed by atoms with E-state index in [9.17, 15) is 4.79 Å². The van der Waals surface area contributed by atoms with Crippen LogP contribution in [0.3, 0.4) is 0 Å². The summed E-state index contributed by atoms with van der Waals surface area (Å²) < 4.78 is 11.9. The molecule has 126 valence electrons. The van der Waals surface area contributed by atoms with E-state index in [0.29, 0.717) is 12.3 Å². The van der Waals surface area contributed by atoms with Gasteiger partial charge in [0.15, 0.2) is 11.5 Å². The van der Waals surface area contributed by atoms with Crippen LogP contribution in [-0.4, -0.2) is 31.6 Å². The maximum atomic E-state index is 12.2. The first-order chi connectivity index (χ1) is 11.5. The fraction of sp³-hybridized carbons (Fsp3) is 0.316. The van der Waals surface area contributed by atoms with Crippen molar-refractivity contribution in [2.45, 2.75) is 19.4 Å². The zero-order valence-corrected chi connectivity index (χ0v) is 15.6. The van der Waals surface area contributed by atoms with E-state index in [-0.39, 0.29) is 11.9 Å². The summed E-state index contributed by atoms with van der Waals surface area (Å²) in [4.78, 5) is 14.1. The molecule has 0 saturated carbocycles. The standard InChI is InChI=1S/C19H20BrNO3/c1-12(22)21-9-8-14-10-17(23-2)18(24-3)11-16(14)19(21)13-4-6-15(20)7-5-13/h4-7,10-11,19H,8-9H2,1-3H3. The first-order valence-electron chi connectivity index (χ1n) is 7.82. The third-order valence-electron chi connectivity index (χ3n) is 4.46. The topological polar surface area (TPSA) is 38.8 Å². The van der Waals surface area contributed by atoms with Crippen LogP contribution in [0.5, 0.6) is 11.5 Å². The van der Waals surface area contributed by atoms with Crippen molar-refractivity contribution < 1.29 is 14.3 Å². The van der Waals surface area contributed by atoms with Crippen LogP contribution in [-0.2, 0) is 11.2 Å². The second kappa shape index (κ2) is 6.85. The lowest BCUT2D eigenvalue weighted by molar-refractivity contribution is -0.130. The fourth-order valence-corrected chi connectivity index (χ4v) is 3.55. The maximum absolute atomic E-state index is 12.2. The molecule has 1 aliphatic rings. The number of methoxy groups -OCH3 is 2. The van der Waals surface area contributed by atoms with Crippen LogP contribution >= 0.6 is 15.9 Å². The minimum absolute atomic E-state index is 0.0725. The van der Waals surface area contributed by atoms with E-state index in [0.717, 1.165) is 27.8 Å². The van der Waals surface area contributed by atoms with Crippen molar-refractivity contribution in [3.05, 3.63) is 57.6 Å². The molecule has 0 N–H and O–H groups in total. The predicted molar refractivity (Wildman–Crippen MR) is 96.6 cm³/mol. The van der Waals surface area contributed by atoms with Gasteiger partial charge < -0.3 is 14.4 Å². The van der Waals surface area contributed by atoms with Crippen molar-refractivity contribution in [3.8, 4) is 11.5 Å². The Labute approximate surface area is 150 Å². The molecule has 0 fully saturated rings. The van der Waals surface area contributed by atoms with Gasteiger partial charge in [0.25, 0.3) is 0 Å². The van der Waals surface area contributed by atoms with Gasteiger partial charge in [-0.3, -0.25) is 4.79 Å². The Hall–Kier alpha value is -2.01. The molecule has 1 atom stereocenters. The SMILES string of the molecule is COc1cc2c(cc1OC)C(c1ccc(Br)cc1)N(C(C)=O)CC2. The Bertz CT molecular complexity index is 758. The van der Waals surface area contributed by atoms with Crippen LogP contribution in [0.1, 0.15) is 29.7 Å². The molecular weight excluding hydrogens is 370 g/mol. The molecule has 5 heteroatoms. The van der Waals surface area contributed by atoms with Crippen molar-refractivity contribution in [1.82, 2.24) is 4.90 Å². The molecule has 1 amide bonds. The summed E-state index contributed by atoms with van der Waals surface area (Å²) in [5.74, 6) is 1.48. The normalized spacial score (nSPS) is 16.5. The summed E-state index contributed by atoms with van der Waals surface area (Å²) in [5.41, 5.74) is 3.37. The van der Waals surface area contributed by atoms with Crippen molar-refractivity contribution in [2.24, 2.45) is 0 Å². The Morgan fingerprint density at radius 2 is 1.75 bits per heavy atom. The molecule has 0 radical (unpaired) electrons. The van der Waals surface area contributed by atoms with Crippen molar-refractivity contribution >= 4 is 21.8 Å². The molecule has 2 aromatic carbocycles. The smallest absolute Gasteiger partial charge is 0.220 e. The molecule has 24 heavy (non-hydrogen) atoms. The molecule has 2 aromatic rings. The third kappa shape index (κ3) is 3.00. The Kier molecular flexibility index (Phi) is 4.81. The number of rotatable bonds is 3. The first-order valence-corrected chi connectivity index (χ1v) is 8.62. The van der Waals surface area contributed by atoms with Gasteiger partial charge in [0.2, 0.25) is 5.91 Å². The van der Waals surface area contributed by atoms with Crippen LogP contribution in [0, 0.1) is 0 Å². The minimum atomic E-state index is -0.112. The van der Waals surface area contributed by atoms with Crippen LogP contribution in [0.2, 0.25) is 0 Å². The van der Waals surface area contributed by atoms with Gasteiger partial charge in [0.05, 0.1) is 20.3 Å². The maximum Gasteiger partial charge on any atom is 0.220 e. The van der Waals surface area contributed by atoms with Crippen LogP contribution < -0.4 is 9.47 Å². The number of fused-ring (bicyclic) bond motifs is 1. The second-order valence-corrected chi connectivity index (χ2v) is 6.74. The summed E-state index contributed by atoms with van der Waals surface area (Å²) in [7, 11) is 3.27. The summed E-state index contributed by atoms with van der Waals surface area (Å²) >= 11 is 3.47. The zero-order chi connectivity index (χ0) is 17.3.